The zero-order valence-corrected chi connectivity index (χ0v) is 16.9. The van der Waals surface area contributed by atoms with Crippen LogP contribution in [-0.4, -0.2) is 54.3 Å². The normalized spacial score (nSPS) is 10.5. The van der Waals surface area contributed by atoms with Gasteiger partial charge < -0.3 is 15.5 Å². The minimum atomic E-state index is -0.0544. The molecule has 2 N–H and O–H groups in total. The number of nitrogens with zero attached hydrogens (tertiary/aromatic N) is 2. The smallest absolute Gasteiger partial charge is 0.253 e. The van der Waals surface area contributed by atoms with E-state index in [4.69, 9.17) is 5.73 Å². The van der Waals surface area contributed by atoms with Crippen molar-refractivity contribution in [1.82, 2.24) is 9.80 Å². The van der Waals surface area contributed by atoms with Gasteiger partial charge in [-0.2, -0.15) is 0 Å². The lowest BCUT2D eigenvalue weighted by molar-refractivity contribution is 0.0751. The van der Waals surface area contributed by atoms with Gasteiger partial charge in [0.15, 0.2) is 0 Å². The second-order valence-corrected chi connectivity index (χ2v) is 6.78. The molecule has 150 valence electrons. The Morgan fingerprint density at radius 1 is 0.786 bits per heavy atom. The van der Waals surface area contributed by atoms with Crippen LogP contribution >= 0.6 is 0 Å². The predicted octanol–water partition coefficient (Wildman–Crippen LogP) is 3.20. The van der Waals surface area contributed by atoms with Gasteiger partial charge in [-0.05, 0) is 49.6 Å². The van der Waals surface area contributed by atoms with Gasteiger partial charge in [0.2, 0.25) is 0 Å². The first-order chi connectivity index (χ1) is 13.6. The van der Waals surface area contributed by atoms with Crippen molar-refractivity contribution in [3.05, 3.63) is 71.3 Å². The first kappa shape index (κ1) is 21.6. The van der Waals surface area contributed by atoms with E-state index in [-0.39, 0.29) is 11.8 Å². The molecule has 28 heavy (non-hydrogen) atoms. The molecule has 0 saturated heterocycles. The van der Waals surface area contributed by atoms with Crippen LogP contribution in [0.25, 0.3) is 0 Å². The van der Waals surface area contributed by atoms with Crippen molar-refractivity contribution in [2.75, 3.05) is 32.7 Å². The molecule has 0 unspecified atom stereocenters. The lowest BCUT2D eigenvalue weighted by atomic mass is 10.1. The lowest BCUT2D eigenvalue weighted by Gasteiger charge is -2.23. The van der Waals surface area contributed by atoms with Crippen LogP contribution in [-0.2, 0) is 6.42 Å². The molecule has 0 aliphatic heterocycles. The third-order valence-electron chi connectivity index (χ3n) is 4.74. The molecule has 0 fully saturated rings. The third-order valence-corrected chi connectivity index (χ3v) is 4.74. The fourth-order valence-electron chi connectivity index (χ4n) is 3.17. The number of carbonyl (C=O) groups excluding carboxylic acids is 2. The van der Waals surface area contributed by atoms with Gasteiger partial charge >= 0.3 is 0 Å². The Bertz CT molecular complexity index is 744. The van der Waals surface area contributed by atoms with Crippen molar-refractivity contribution in [3.63, 3.8) is 0 Å². The maximum atomic E-state index is 12.9. The molecule has 0 radical (unpaired) electrons. The average molecular weight is 382 g/mol. The molecule has 0 saturated carbocycles. The van der Waals surface area contributed by atoms with Crippen LogP contribution < -0.4 is 5.73 Å². The van der Waals surface area contributed by atoms with Crippen LogP contribution in [0.4, 0.5) is 0 Å². The third kappa shape index (κ3) is 5.92. The zero-order valence-electron chi connectivity index (χ0n) is 16.9. The van der Waals surface area contributed by atoms with Gasteiger partial charge in [-0.3, -0.25) is 9.59 Å². The van der Waals surface area contributed by atoms with Gasteiger partial charge in [-0.1, -0.05) is 37.3 Å². The highest BCUT2D eigenvalue weighted by molar-refractivity contribution is 5.97. The van der Waals surface area contributed by atoms with Gasteiger partial charge in [-0.25, -0.2) is 0 Å². The van der Waals surface area contributed by atoms with Crippen LogP contribution in [0.15, 0.2) is 54.6 Å². The molecule has 2 amide bonds. The first-order valence-electron chi connectivity index (χ1n) is 10.0. The fourth-order valence-corrected chi connectivity index (χ4v) is 3.17. The Labute approximate surface area is 168 Å². The monoisotopic (exact) mass is 381 g/mol. The van der Waals surface area contributed by atoms with Gasteiger partial charge in [-0.15, -0.1) is 0 Å². The zero-order chi connectivity index (χ0) is 20.4. The quantitative estimate of drug-likeness (QED) is 0.687. The summed E-state index contributed by atoms with van der Waals surface area (Å²) in [4.78, 5) is 29.1. The van der Waals surface area contributed by atoms with Gasteiger partial charge in [0.25, 0.3) is 11.8 Å². The number of rotatable bonds is 10. The van der Waals surface area contributed by atoms with Gasteiger partial charge in [0, 0.05) is 43.9 Å². The molecule has 0 aliphatic rings. The van der Waals surface area contributed by atoms with Gasteiger partial charge in [0.1, 0.15) is 0 Å². The fraction of sp³-hybridized carbons (Fsp3) is 0.391. The highest BCUT2D eigenvalue weighted by atomic mass is 16.2. The Balaban J connectivity index is 2.06. The molecule has 5 heteroatoms. The summed E-state index contributed by atoms with van der Waals surface area (Å²) in [5.74, 6) is -0.0486. The van der Waals surface area contributed by atoms with Crippen LogP contribution in [0, 0.1) is 0 Å². The molecule has 0 spiro atoms. The van der Waals surface area contributed by atoms with Crippen LogP contribution in [0.3, 0.4) is 0 Å². The number of amides is 2. The molecule has 0 aromatic heterocycles. The van der Waals surface area contributed by atoms with Crippen LogP contribution in [0.5, 0.6) is 0 Å². The molecule has 2 rings (SSSR count). The topological polar surface area (TPSA) is 66.6 Å². The van der Waals surface area contributed by atoms with E-state index in [1.165, 1.54) is 5.56 Å². The number of hydrogen-bond acceptors (Lipinski definition) is 3. The number of benzene rings is 2. The molecule has 0 atom stereocenters. The lowest BCUT2D eigenvalue weighted by Crippen LogP contribution is -2.37. The first-order valence-corrected chi connectivity index (χ1v) is 10.0. The summed E-state index contributed by atoms with van der Waals surface area (Å²) in [7, 11) is 0. The summed E-state index contributed by atoms with van der Waals surface area (Å²) in [6.07, 6.45) is 1.71. The summed E-state index contributed by atoms with van der Waals surface area (Å²) >= 11 is 0. The number of carbonyl (C=O) groups is 2. The van der Waals surface area contributed by atoms with E-state index in [0.29, 0.717) is 37.3 Å². The molecular weight excluding hydrogens is 350 g/mol. The molecule has 0 aliphatic carbocycles. The maximum Gasteiger partial charge on any atom is 0.253 e. The summed E-state index contributed by atoms with van der Waals surface area (Å²) < 4.78 is 0. The maximum absolute atomic E-state index is 12.9. The molecular formula is C23H31N3O2. The second-order valence-electron chi connectivity index (χ2n) is 6.78. The summed E-state index contributed by atoms with van der Waals surface area (Å²) in [5, 5.41) is 0. The summed E-state index contributed by atoms with van der Waals surface area (Å²) in [6, 6.07) is 17.1. The van der Waals surface area contributed by atoms with Crippen molar-refractivity contribution in [1.29, 1.82) is 0 Å². The van der Waals surface area contributed by atoms with Gasteiger partial charge in [0.05, 0.1) is 0 Å². The Hall–Kier alpha value is -2.66. The minimum absolute atomic E-state index is 0.00578. The molecule has 2 aromatic rings. The molecule has 5 nitrogen and oxygen atoms in total. The van der Waals surface area contributed by atoms with E-state index in [2.05, 4.69) is 19.1 Å². The van der Waals surface area contributed by atoms with Crippen molar-refractivity contribution in [2.24, 2.45) is 5.73 Å². The largest absolute Gasteiger partial charge is 0.339 e. The number of nitrogens with two attached hydrogens (primary N) is 1. The van der Waals surface area contributed by atoms with E-state index in [9.17, 15) is 9.59 Å². The highest BCUT2D eigenvalue weighted by Crippen LogP contribution is 2.12. The van der Waals surface area contributed by atoms with E-state index >= 15 is 0 Å². The van der Waals surface area contributed by atoms with E-state index in [0.717, 1.165) is 19.4 Å². The van der Waals surface area contributed by atoms with E-state index < -0.39 is 0 Å². The summed E-state index contributed by atoms with van der Waals surface area (Å²) in [6.45, 7) is 6.98. The average Bonchev–Trinajstić information content (AvgIpc) is 2.75. The van der Waals surface area contributed by atoms with Crippen molar-refractivity contribution >= 4 is 11.8 Å². The van der Waals surface area contributed by atoms with E-state index in [1.807, 2.05) is 30.0 Å². The molecule has 0 heterocycles. The summed E-state index contributed by atoms with van der Waals surface area (Å²) in [5.41, 5.74) is 8.09. The van der Waals surface area contributed by atoms with E-state index in [1.54, 1.807) is 29.2 Å². The molecule has 0 bridgehead atoms. The highest BCUT2D eigenvalue weighted by Gasteiger charge is 2.17. The minimum Gasteiger partial charge on any atom is -0.339 e. The Morgan fingerprint density at radius 3 is 1.86 bits per heavy atom. The Morgan fingerprint density at radius 2 is 1.36 bits per heavy atom. The SMILES string of the molecule is CCCN(CC)C(=O)c1ccc(C(=O)N(CCN)CCc2ccccc2)cc1. The molecule has 2 aromatic carbocycles. The Kier molecular flexibility index (Phi) is 8.69. The second kappa shape index (κ2) is 11.2. The number of hydrogen-bond donors (Lipinski definition) is 1. The standard InChI is InChI=1S/C23H31N3O2/c1-3-16-25(4-2)22(27)20-10-12-21(13-11-20)23(28)26(18-15-24)17-14-19-8-6-5-7-9-19/h5-13H,3-4,14-18,24H2,1-2H3. The van der Waals surface area contributed by atoms with Crippen LogP contribution in [0.1, 0.15) is 46.5 Å². The van der Waals surface area contributed by atoms with Crippen LogP contribution in [0.2, 0.25) is 0 Å². The van der Waals surface area contributed by atoms with Crippen molar-refractivity contribution in [2.45, 2.75) is 26.7 Å². The predicted molar refractivity (Wildman–Crippen MR) is 113 cm³/mol. The van der Waals surface area contributed by atoms with Crippen molar-refractivity contribution in [3.8, 4) is 0 Å². The van der Waals surface area contributed by atoms with Crippen molar-refractivity contribution < 1.29 is 9.59 Å².